The monoisotopic (exact) mass is 381 g/mol. The first-order valence-electron chi connectivity index (χ1n) is 7.07. The number of anilines is 1. The molecule has 6 nitrogen and oxygen atoms in total. The van der Waals surface area contributed by atoms with Crippen LogP contribution in [0.25, 0.3) is 11.3 Å². The van der Waals surface area contributed by atoms with Gasteiger partial charge in [0.25, 0.3) is 10.0 Å². The highest BCUT2D eigenvalue weighted by Crippen LogP contribution is 2.27. The van der Waals surface area contributed by atoms with Gasteiger partial charge in [0.1, 0.15) is 16.5 Å². The van der Waals surface area contributed by atoms with E-state index >= 15 is 0 Å². The van der Waals surface area contributed by atoms with E-state index in [1.165, 1.54) is 19.2 Å². The van der Waals surface area contributed by atoms with E-state index in [1.54, 1.807) is 24.3 Å². The molecule has 0 bridgehead atoms. The highest BCUT2D eigenvalue weighted by atomic mass is 35.5. The number of H-pyrrole nitrogens is 1. The van der Waals surface area contributed by atoms with Crippen LogP contribution in [-0.2, 0) is 10.0 Å². The molecule has 0 aliphatic heterocycles. The van der Waals surface area contributed by atoms with E-state index < -0.39 is 15.8 Å². The fraction of sp³-hybridized carbons (Fsp3) is 0.0625. The predicted octanol–water partition coefficient (Wildman–Crippen LogP) is 3.68. The maximum absolute atomic E-state index is 13.4. The first-order valence-corrected chi connectivity index (χ1v) is 8.93. The number of halogens is 2. The summed E-state index contributed by atoms with van der Waals surface area (Å²) in [6.45, 7) is 0. The molecule has 0 amide bonds. The molecule has 0 aliphatic rings. The van der Waals surface area contributed by atoms with Crippen molar-refractivity contribution in [3.05, 3.63) is 59.4 Å². The Balaban J connectivity index is 1.90. The Hall–Kier alpha value is -2.58. The van der Waals surface area contributed by atoms with Crippen LogP contribution in [0.5, 0.6) is 5.75 Å². The minimum absolute atomic E-state index is 0.0300. The van der Waals surface area contributed by atoms with Crippen molar-refractivity contribution in [2.24, 2.45) is 0 Å². The third-order valence-corrected chi connectivity index (χ3v) is 5.02. The number of rotatable bonds is 5. The summed E-state index contributed by atoms with van der Waals surface area (Å²) in [5.74, 6) is -0.594. The summed E-state index contributed by atoms with van der Waals surface area (Å²) < 4.78 is 45.7. The highest BCUT2D eigenvalue weighted by Gasteiger charge is 2.21. The van der Waals surface area contributed by atoms with Crippen LogP contribution >= 0.6 is 11.6 Å². The Bertz CT molecular complexity index is 1000. The molecular formula is C16H13ClFN3O3S. The van der Waals surface area contributed by atoms with Gasteiger partial charge < -0.3 is 4.74 Å². The van der Waals surface area contributed by atoms with E-state index in [4.69, 9.17) is 16.3 Å². The van der Waals surface area contributed by atoms with Crippen LogP contribution < -0.4 is 9.46 Å². The molecule has 0 radical (unpaired) electrons. The van der Waals surface area contributed by atoms with Crippen LogP contribution in [0.1, 0.15) is 0 Å². The van der Waals surface area contributed by atoms with Gasteiger partial charge in [-0.3, -0.25) is 9.82 Å². The number of nitrogens with one attached hydrogen (secondary N) is 2. The van der Waals surface area contributed by atoms with Crippen LogP contribution in [0.4, 0.5) is 10.2 Å². The van der Waals surface area contributed by atoms with Gasteiger partial charge in [-0.1, -0.05) is 23.7 Å². The van der Waals surface area contributed by atoms with Crippen molar-refractivity contribution in [3.63, 3.8) is 0 Å². The van der Waals surface area contributed by atoms with E-state index in [0.29, 0.717) is 10.7 Å². The van der Waals surface area contributed by atoms with Crippen molar-refractivity contribution < 1.29 is 17.5 Å². The second-order valence-corrected chi connectivity index (χ2v) is 7.16. The maximum atomic E-state index is 13.4. The van der Waals surface area contributed by atoms with Crippen molar-refractivity contribution in [1.82, 2.24) is 10.2 Å². The van der Waals surface area contributed by atoms with Crippen molar-refractivity contribution in [3.8, 4) is 17.0 Å². The van der Waals surface area contributed by atoms with Gasteiger partial charge in [0, 0.05) is 11.1 Å². The number of hydrogen-bond donors (Lipinski definition) is 2. The lowest BCUT2D eigenvalue weighted by Gasteiger charge is -2.09. The molecule has 1 heterocycles. The highest BCUT2D eigenvalue weighted by molar-refractivity contribution is 7.92. The summed E-state index contributed by atoms with van der Waals surface area (Å²) >= 11 is 5.84. The topological polar surface area (TPSA) is 84.1 Å². The SMILES string of the molecule is COc1ccc(F)cc1S(=O)(=O)Nc1cc(-c2ccc(Cl)cc2)[nH]n1. The van der Waals surface area contributed by atoms with Gasteiger partial charge in [0.2, 0.25) is 0 Å². The quantitative estimate of drug-likeness (QED) is 0.706. The molecular weight excluding hydrogens is 369 g/mol. The fourth-order valence-corrected chi connectivity index (χ4v) is 3.50. The Morgan fingerprint density at radius 1 is 1.16 bits per heavy atom. The lowest BCUT2D eigenvalue weighted by molar-refractivity contribution is 0.401. The summed E-state index contributed by atoms with van der Waals surface area (Å²) in [4.78, 5) is -0.314. The van der Waals surface area contributed by atoms with E-state index in [-0.39, 0.29) is 16.5 Å². The molecule has 0 unspecified atom stereocenters. The van der Waals surface area contributed by atoms with Gasteiger partial charge in [-0.25, -0.2) is 12.8 Å². The number of nitrogens with zero attached hydrogens (tertiary/aromatic N) is 1. The second-order valence-electron chi connectivity index (χ2n) is 5.07. The average Bonchev–Trinajstić information content (AvgIpc) is 3.03. The zero-order valence-corrected chi connectivity index (χ0v) is 14.5. The number of aromatic nitrogens is 2. The van der Waals surface area contributed by atoms with E-state index in [1.807, 2.05) is 0 Å². The Morgan fingerprint density at radius 2 is 1.88 bits per heavy atom. The third kappa shape index (κ3) is 3.75. The molecule has 0 atom stereocenters. The predicted molar refractivity (Wildman–Crippen MR) is 92.8 cm³/mol. The minimum atomic E-state index is -4.07. The smallest absolute Gasteiger partial charge is 0.266 e. The number of benzene rings is 2. The van der Waals surface area contributed by atoms with Crippen LogP contribution in [0.15, 0.2) is 53.4 Å². The number of aromatic amines is 1. The molecule has 9 heteroatoms. The molecule has 0 saturated heterocycles. The zero-order chi connectivity index (χ0) is 18.0. The van der Waals surface area contributed by atoms with Gasteiger partial charge in [-0.05, 0) is 35.9 Å². The van der Waals surface area contributed by atoms with Crippen molar-refractivity contribution in [2.75, 3.05) is 11.8 Å². The molecule has 3 aromatic rings. The number of sulfonamides is 1. The lowest BCUT2D eigenvalue weighted by atomic mass is 10.1. The second kappa shape index (κ2) is 6.73. The van der Waals surface area contributed by atoms with Crippen LogP contribution in [0.3, 0.4) is 0 Å². The van der Waals surface area contributed by atoms with Crippen LogP contribution in [0, 0.1) is 5.82 Å². The van der Waals surface area contributed by atoms with E-state index in [0.717, 1.165) is 17.7 Å². The first kappa shape index (κ1) is 17.2. The van der Waals surface area contributed by atoms with Crippen molar-refractivity contribution >= 4 is 27.4 Å². The Morgan fingerprint density at radius 3 is 2.56 bits per heavy atom. The standard InChI is InChI=1S/C16H13ClFN3O3S/c1-24-14-7-6-12(18)8-15(14)25(22,23)21-16-9-13(19-20-16)10-2-4-11(17)5-3-10/h2-9H,1H3,(H2,19,20,21). The van der Waals surface area contributed by atoms with Crippen molar-refractivity contribution in [2.45, 2.75) is 4.90 Å². The first-order chi connectivity index (χ1) is 11.9. The van der Waals surface area contributed by atoms with E-state index in [2.05, 4.69) is 14.9 Å². The number of ether oxygens (including phenoxy) is 1. The Kier molecular flexibility index (Phi) is 4.65. The lowest BCUT2D eigenvalue weighted by Crippen LogP contribution is -2.14. The summed E-state index contributed by atoms with van der Waals surface area (Å²) in [5, 5.41) is 7.24. The van der Waals surface area contributed by atoms with E-state index in [9.17, 15) is 12.8 Å². The van der Waals surface area contributed by atoms with Crippen LogP contribution in [-0.4, -0.2) is 25.7 Å². The fourth-order valence-electron chi connectivity index (χ4n) is 2.20. The normalized spacial score (nSPS) is 11.3. The van der Waals surface area contributed by atoms with Gasteiger partial charge in [0.15, 0.2) is 5.82 Å². The molecule has 0 saturated carbocycles. The third-order valence-electron chi connectivity index (χ3n) is 3.39. The molecule has 0 aliphatic carbocycles. The summed E-state index contributed by atoms with van der Waals surface area (Å²) in [6, 6.07) is 11.7. The molecule has 3 rings (SSSR count). The number of methoxy groups -OCH3 is 1. The molecule has 0 spiro atoms. The van der Waals surface area contributed by atoms with Gasteiger partial charge in [-0.2, -0.15) is 5.10 Å². The molecule has 25 heavy (non-hydrogen) atoms. The average molecular weight is 382 g/mol. The molecule has 130 valence electrons. The Labute approximate surface area is 148 Å². The van der Waals surface area contributed by atoms with Crippen molar-refractivity contribution in [1.29, 1.82) is 0 Å². The molecule has 0 fully saturated rings. The maximum Gasteiger partial charge on any atom is 0.266 e. The minimum Gasteiger partial charge on any atom is -0.495 e. The number of hydrogen-bond acceptors (Lipinski definition) is 4. The largest absolute Gasteiger partial charge is 0.495 e. The summed E-state index contributed by atoms with van der Waals surface area (Å²) in [5.41, 5.74) is 1.38. The van der Waals surface area contributed by atoms with Gasteiger partial charge in [0.05, 0.1) is 12.8 Å². The summed E-state index contributed by atoms with van der Waals surface area (Å²) in [7, 11) is -2.77. The summed E-state index contributed by atoms with van der Waals surface area (Å²) in [6.07, 6.45) is 0. The zero-order valence-electron chi connectivity index (χ0n) is 13.0. The molecule has 1 aromatic heterocycles. The van der Waals surface area contributed by atoms with Gasteiger partial charge >= 0.3 is 0 Å². The van der Waals surface area contributed by atoms with Gasteiger partial charge in [-0.15, -0.1) is 0 Å². The molecule has 2 aromatic carbocycles. The molecule has 2 N–H and O–H groups in total. The van der Waals surface area contributed by atoms with Crippen LogP contribution in [0.2, 0.25) is 5.02 Å².